The Balaban J connectivity index is 2.02. The Bertz CT molecular complexity index is 1120. The summed E-state index contributed by atoms with van der Waals surface area (Å²) in [6.45, 7) is 1.37. The number of hydrogen-bond donors (Lipinski definition) is 2. The number of aliphatic imine (C=N–C) groups is 1. The van der Waals surface area contributed by atoms with E-state index in [-0.39, 0.29) is 22.9 Å². The van der Waals surface area contributed by atoms with Crippen molar-refractivity contribution in [2.24, 2.45) is 10.7 Å². The highest BCUT2D eigenvalue weighted by Crippen LogP contribution is 2.35. The number of nitrogens with one attached hydrogen (secondary N) is 1. The van der Waals surface area contributed by atoms with E-state index in [0.717, 1.165) is 13.9 Å². The Kier molecular flexibility index (Phi) is 5.51. The zero-order valence-electron chi connectivity index (χ0n) is 15.3. The molecule has 0 spiro atoms. The Morgan fingerprint density at radius 3 is 2.59 bits per heavy atom. The fourth-order valence-corrected chi connectivity index (χ4v) is 4.61. The number of pyridine rings is 1. The van der Waals surface area contributed by atoms with Crippen LogP contribution in [0, 0.1) is 15.2 Å². The number of nitrogens with zero attached hydrogens (tertiary/aromatic N) is 3. The van der Waals surface area contributed by atoms with Gasteiger partial charge in [-0.3, -0.25) is 4.79 Å². The predicted octanol–water partition coefficient (Wildman–Crippen LogP) is 2.02. The van der Waals surface area contributed by atoms with Crippen LogP contribution >= 0.6 is 22.6 Å². The minimum absolute atomic E-state index is 0.0334. The van der Waals surface area contributed by atoms with Crippen molar-refractivity contribution in [2.75, 3.05) is 18.1 Å². The van der Waals surface area contributed by atoms with Crippen molar-refractivity contribution in [3.8, 4) is 0 Å². The van der Waals surface area contributed by atoms with Gasteiger partial charge in [0.05, 0.1) is 11.4 Å². The number of rotatable bonds is 3. The number of guanidine groups is 1. The van der Waals surface area contributed by atoms with Crippen LogP contribution in [-0.4, -0.2) is 42.4 Å². The lowest BCUT2D eigenvalue weighted by Gasteiger charge is -2.34. The molecule has 2 aromatic rings. The fraction of sp³-hybridized carbons (Fsp3) is 0.235. The van der Waals surface area contributed by atoms with Crippen molar-refractivity contribution in [3.05, 3.63) is 56.9 Å². The quantitative estimate of drug-likeness (QED) is 0.584. The summed E-state index contributed by atoms with van der Waals surface area (Å²) in [6.07, 6.45) is 1.46. The first-order chi connectivity index (χ1) is 13.4. The van der Waals surface area contributed by atoms with Gasteiger partial charge in [-0.15, -0.1) is 0 Å². The molecule has 29 heavy (non-hydrogen) atoms. The first kappa shape index (κ1) is 21.4. The van der Waals surface area contributed by atoms with E-state index in [1.807, 2.05) is 22.6 Å². The summed E-state index contributed by atoms with van der Waals surface area (Å²) in [5.41, 5.74) is 3.55. The van der Waals surface area contributed by atoms with Crippen LogP contribution in [0.25, 0.3) is 0 Å². The number of benzene rings is 1. The minimum atomic E-state index is -3.86. The SMILES string of the molecule is CN1C(N)=N[C@](C)(c2cc(NC(=O)c3ccc(I)cn3)c(F)cc2F)CS1(=O)=O. The summed E-state index contributed by atoms with van der Waals surface area (Å²) >= 11 is 2.02. The number of sulfonamides is 1. The average Bonchev–Trinajstić information content (AvgIpc) is 2.62. The van der Waals surface area contributed by atoms with Gasteiger partial charge in [-0.25, -0.2) is 31.5 Å². The third-order valence-electron chi connectivity index (χ3n) is 4.41. The van der Waals surface area contributed by atoms with Gasteiger partial charge >= 0.3 is 0 Å². The smallest absolute Gasteiger partial charge is 0.274 e. The summed E-state index contributed by atoms with van der Waals surface area (Å²) in [5, 5.41) is 2.33. The summed E-state index contributed by atoms with van der Waals surface area (Å²) in [6, 6.07) is 4.69. The second-order valence-electron chi connectivity index (χ2n) is 6.60. The van der Waals surface area contributed by atoms with E-state index in [1.165, 1.54) is 26.2 Å². The van der Waals surface area contributed by atoms with Crippen molar-refractivity contribution in [1.82, 2.24) is 9.29 Å². The van der Waals surface area contributed by atoms with Crippen LogP contribution in [0.15, 0.2) is 35.5 Å². The molecule has 0 bridgehead atoms. The standard InChI is InChI=1S/C17H16F2IN5O3S/c1-17(8-29(27,28)25(2)16(21)24-17)10-5-14(12(19)6-11(10)18)23-15(26)13-4-3-9(20)7-22-13/h3-7H,8H2,1-2H3,(H2,21,24)(H,23,26)/t17-/m0/s1. The van der Waals surface area contributed by atoms with E-state index in [4.69, 9.17) is 5.73 Å². The Hall–Kier alpha value is -2.35. The van der Waals surface area contributed by atoms with Gasteiger partial charge in [-0.2, -0.15) is 0 Å². The molecular weight excluding hydrogens is 519 g/mol. The maximum Gasteiger partial charge on any atom is 0.274 e. The van der Waals surface area contributed by atoms with Crippen molar-refractivity contribution < 1.29 is 22.0 Å². The van der Waals surface area contributed by atoms with Crippen molar-refractivity contribution >= 4 is 50.2 Å². The van der Waals surface area contributed by atoms with E-state index >= 15 is 0 Å². The summed E-state index contributed by atoms with van der Waals surface area (Å²) in [5.74, 6) is -3.64. The first-order valence-corrected chi connectivity index (χ1v) is 10.9. The van der Waals surface area contributed by atoms with E-state index in [2.05, 4.69) is 15.3 Å². The van der Waals surface area contributed by atoms with Crippen LogP contribution < -0.4 is 11.1 Å². The monoisotopic (exact) mass is 535 g/mol. The molecule has 1 aliphatic heterocycles. The highest BCUT2D eigenvalue weighted by Gasteiger charge is 2.42. The third-order valence-corrected chi connectivity index (χ3v) is 7.00. The number of aromatic nitrogens is 1. The molecule has 1 atom stereocenters. The van der Waals surface area contributed by atoms with E-state index in [1.54, 1.807) is 6.07 Å². The molecule has 1 aromatic carbocycles. The number of anilines is 1. The number of halogens is 3. The second-order valence-corrected chi connectivity index (χ2v) is 9.84. The van der Waals surface area contributed by atoms with Crippen molar-refractivity contribution in [1.29, 1.82) is 0 Å². The van der Waals surface area contributed by atoms with Gasteiger partial charge in [0, 0.05) is 28.4 Å². The molecule has 2 heterocycles. The maximum absolute atomic E-state index is 14.6. The molecule has 0 fully saturated rings. The Labute approximate surface area is 179 Å². The van der Waals surface area contributed by atoms with E-state index in [9.17, 15) is 22.0 Å². The average molecular weight is 535 g/mol. The number of carbonyl (C=O) groups excluding carboxylic acids is 1. The lowest BCUT2D eigenvalue weighted by molar-refractivity contribution is 0.102. The molecule has 0 saturated heterocycles. The van der Waals surface area contributed by atoms with Gasteiger partial charge in [0.15, 0.2) is 0 Å². The molecule has 3 N–H and O–H groups in total. The van der Waals surface area contributed by atoms with Gasteiger partial charge < -0.3 is 11.1 Å². The molecule has 8 nitrogen and oxygen atoms in total. The summed E-state index contributed by atoms with van der Waals surface area (Å²) in [7, 11) is -2.63. The van der Waals surface area contributed by atoms with Crippen LogP contribution in [0.1, 0.15) is 23.0 Å². The molecule has 0 saturated carbocycles. The molecule has 0 aliphatic carbocycles. The normalized spacial score (nSPS) is 20.9. The zero-order chi connectivity index (χ0) is 21.6. The van der Waals surface area contributed by atoms with E-state index < -0.39 is 38.9 Å². The number of amides is 1. The highest BCUT2D eigenvalue weighted by atomic mass is 127. The maximum atomic E-state index is 14.6. The Morgan fingerprint density at radius 2 is 2.00 bits per heavy atom. The zero-order valence-corrected chi connectivity index (χ0v) is 18.3. The fourth-order valence-electron chi connectivity index (χ4n) is 2.84. The lowest BCUT2D eigenvalue weighted by atomic mass is 9.93. The minimum Gasteiger partial charge on any atom is -0.369 e. The molecule has 1 amide bonds. The molecule has 0 unspecified atom stereocenters. The number of carbonyl (C=O) groups is 1. The first-order valence-electron chi connectivity index (χ1n) is 8.17. The predicted molar refractivity (Wildman–Crippen MR) is 112 cm³/mol. The Morgan fingerprint density at radius 1 is 1.31 bits per heavy atom. The van der Waals surface area contributed by atoms with E-state index in [0.29, 0.717) is 6.07 Å². The molecule has 1 aromatic heterocycles. The molecule has 0 radical (unpaired) electrons. The largest absolute Gasteiger partial charge is 0.369 e. The number of nitrogens with two attached hydrogens (primary N) is 1. The van der Waals surface area contributed by atoms with Gasteiger partial charge in [0.1, 0.15) is 22.9 Å². The van der Waals surface area contributed by atoms with Crippen LogP contribution in [0.5, 0.6) is 0 Å². The lowest BCUT2D eigenvalue weighted by Crippen LogP contribution is -2.50. The van der Waals surface area contributed by atoms with Crippen LogP contribution in [0.2, 0.25) is 0 Å². The highest BCUT2D eigenvalue weighted by molar-refractivity contribution is 14.1. The molecule has 12 heteroatoms. The van der Waals surface area contributed by atoms with Gasteiger partial charge in [0.2, 0.25) is 16.0 Å². The summed E-state index contributed by atoms with van der Waals surface area (Å²) in [4.78, 5) is 20.4. The number of hydrogen-bond acceptors (Lipinski definition) is 6. The van der Waals surface area contributed by atoms with Crippen LogP contribution in [0.3, 0.4) is 0 Å². The molecule has 3 rings (SSSR count). The summed E-state index contributed by atoms with van der Waals surface area (Å²) < 4.78 is 55.1. The molecule has 1 aliphatic rings. The van der Waals surface area contributed by atoms with Crippen LogP contribution in [0.4, 0.5) is 14.5 Å². The topological polar surface area (TPSA) is 118 Å². The third kappa shape index (κ3) is 4.17. The van der Waals surface area contributed by atoms with Gasteiger partial charge in [-0.05, 0) is 47.7 Å². The van der Waals surface area contributed by atoms with Gasteiger partial charge in [-0.1, -0.05) is 0 Å². The van der Waals surface area contributed by atoms with Crippen molar-refractivity contribution in [2.45, 2.75) is 12.5 Å². The van der Waals surface area contributed by atoms with Crippen LogP contribution in [-0.2, 0) is 15.6 Å². The van der Waals surface area contributed by atoms with Crippen molar-refractivity contribution in [3.63, 3.8) is 0 Å². The van der Waals surface area contributed by atoms with Gasteiger partial charge in [0.25, 0.3) is 5.91 Å². The molecular formula is C17H16F2IN5O3S. The second kappa shape index (κ2) is 7.48. The molecule has 154 valence electrons.